The molecule has 2 atom stereocenters. The third kappa shape index (κ3) is 10.4. The summed E-state index contributed by atoms with van der Waals surface area (Å²) in [5.41, 5.74) is 0.823. The number of ether oxygens (including phenoxy) is 3. The van der Waals surface area contributed by atoms with Crippen molar-refractivity contribution in [1.82, 2.24) is 0 Å². The summed E-state index contributed by atoms with van der Waals surface area (Å²) in [4.78, 5) is 0. The van der Waals surface area contributed by atoms with Crippen LogP contribution in [0, 0.1) is 23.5 Å². The van der Waals surface area contributed by atoms with E-state index >= 15 is 4.39 Å². The van der Waals surface area contributed by atoms with Crippen LogP contribution in [-0.4, -0.2) is 31.8 Å². The molecule has 1 heterocycles. The minimum atomic E-state index is -3.29. The molecule has 0 aromatic heterocycles. The summed E-state index contributed by atoms with van der Waals surface area (Å²) in [6.45, 7) is 4.65. The van der Waals surface area contributed by atoms with Gasteiger partial charge in [0.25, 0.3) is 5.92 Å². The standard InChI is InChI=1S/C36H50F4O3/c1-3-5-7-8-20-41-31-17-19-35(34(38)22-31)43-25-36(39,40)23-26-10-18-32(33(37)21-26)28-13-11-27(12-14-28)29-15-16-30(42-24-29)9-6-4-2/h10,17-19,21-22,27-30H,3-9,11-16,20,23-25H2,1-2H3. The summed E-state index contributed by atoms with van der Waals surface area (Å²) in [5, 5.41) is 0. The molecule has 2 aromatic carbocycles. The van der Waals surface area contributed by atoms with Crippen LogP contribution >= 0.6 is 0 Å². The van der Waals surface area contributed by atoms with E-state index < -0.39 is 30.6 Å². The monoisotopic (exact) mass is 606 g/mol. The molecular weight excluding hydrogens is 556 g/mol. The maximum atomic E-state index is 15.1. The Kier molecular flexibility index (Phi) is 13.1. The van der Waals surface area contributed by atoms with Crippen LogP contribution in [-0.2, 0) is 11.2 Å². The average molecular weight is 607 g/mol. The SMILES string of the molecule is CCCCCCOc1ccc(OCC(F)(F)Cc2ccc(C3CCC(C4CCC(CCCC)OC4)CC3)c(F)c2)c(F)c1. The zero-order chi connectivity index (χ0) is 30.7. The van der Waals surface area contributed by atoms with Gasteiger partial charge in [-0.15, -0.1) is 0 Å². The van der Waals surface area contributed by atoms with Crippen molar-refractivity contribution < 1.29 is 31.8 Å². The number of alkyl halides is 2. The Balaban J connectivity index is 1.22. The highest BCUT2D eigenvalue weighted by atomic mass is 19.3. The molecule has 1 aliphatic heterocycles. The Morgan fingerprint density at radius 2 is 1.56 bits per heavy atom. The highest BCUT2D eigenvalue weighted by Gasteiger charge is 2.34. The Morgan fingerprint density at radius 3 is 2.23 bits per heavy atom. The predicted octanol–water partition coefficient (Wildman–Crippen LogP) is 10.4. The molecule has 43 heavy (non-hydrogen) atoms. The summed E-state index contributed by atoms with van der Waals surface area (Å²) in [5.74, 6) is -3.05. The zero-order valence-electron chi connectivity index (χ0n) is 26.0. The second-order valence-corrected chi connectivity index (χ2v) is 12.7. The molecule has 3 nitrogen and oxygen atoms in total. The highest BCUT2D eigenvalue weighted by molar-refractivity contribution is 5.33. The summed E-state index contributed by atoms with van der Waals surface area (Å²) in [6.07, 6.45) is 13.8. The lowest BCUT2D eigenvalue weighted by molar-refractivity contribution is -0.0416. The summed E-state index contributed by atoms with van der Waals surface area (Å²) in [7, 11) is 0. The largest absolute Gasteiger partial charge is 0.493 e. The average Bonchev–Trinajstić information content (AvgIpc) is 3.00. The van der Waals surface area contributed by atoms with Crippen molar-refractivity contribution in [3.05, 3.63) is 59.2 Å². The van der Waals surface area contributed by atoms with Gasteiger partial charge in [0.05, 0.1) is 19.3 Å². The van der Waals surface area contributed by atoms with Gasteiger partial charge < -0.3 is 14.2 Å². The number of hydrogen-bond donors (Lipinski definition) is 0. The lowest BCUT2D eigenvalue weighted by Gasteiger charge is -2.38. The van der Waals surface area contributed by atoms with Gasteiger partial charge in [-0.25, -0.2) is 17.6 Å². The van der Waals surface area contributed by atoms with E-state index in [-0.39, 0.29) is 17.2 Å². The number of unbranched alkanes of at least 4 members (excludes halogenated alkanes) is 4. The highest BCUT2D eigenvalue weighted by Crippen LogP contribution is 2.42. The van der Waals surface area contributed by atoms with Gasteiger partial charge in [-0.2, -0.15) is 0 Å². The van der Waals surface area contributed by atoms with Crippen LogP contribution in [0.25, 0.3) is 0 Å². The van der Waals surface area contributed by atoms with Gasteiger partial charge in [0.15, 0.2) is 18.2 Å². The molecule has 1 aliphatic carbocycles. The minimum absolute atomic E-state index is 0.113. The minimum Gasteiger partial charge on any atom is -0.493 e. The molecule has 0 radical (unpaired) electrons. The van der Waals surface area contributed by atoms with Crippen molar-refractivity contribution in [3.63, 3.8) is 0 Å². The van der Waals surface area contributed by atoms with Gasteiger partial charge in [-0.05, 0) is 98.4 Å². The maximum Gasteiger partial charge on any atom is 0.285 e. The van der Waals surface area contributed by atoms with E-state index in [2.05, 4.69) is 13.8 Å². The van der Waals surface area contributed by atoms with Gasteiger partial charge in [-0.1, -0.05) is 58.1 Å². The second kappa shape index (κ2) is 16.7. The lowest BCUT2D eigenvalue weighted by atomic mass is 9.72. The molecule has 2 fully saturated rings. The first kappa shape index (κ1) is 33.6. The molecule has 4 rings (SSSR count). The predicted molar refractivity (Wildman–Crippen MR) is 163 cm³/mol. The Bertz CT molecular complexity index is 1110. The van der Waals surface area contributed by atoms with Crippen LogP contribution in [0.4, 0.5) is 17.6 Å². The van der Waals surface area contributed by atoms with Crippen molar-refractivity contribution in [2.75, 3.05) is 19.8 Å². The first-order valence-electron chi connectivity index (χ1n) is 16.6. The number of benzene rings is 2. The quantitative estimate of drug-likeness (QED) is 0.141. The van der Waals surface area contributed by atoms with E-state index in [4.69, 9.17) is 14.2 Å². The van der Waals surface area contributed by atoms with Crippen LogP contribution in [0.15, 0.2) is 36.4 Å². The van der Waals surface area contributed by atoms with Crippen molar-refractivity contribution >= 4 is 0 Å². The third-order valence-corrected chi connectivity index (χ3v) is 9.30. The Labute approximate surface area is 255 Å². The normalized spacial score (nSPS) is 22.8. The molecule has 7 heteroatoms. The maximum absolute atomic E-state index is 15.1. The Morgan fingerprint density at radius 1 is 0.791 bits per heavy atom. The summed E-state index contributed by atoms with van der Waals surface area (Å²) >= 11 is 0. The van der Waals surface area contributed by atoms with E-state index in [1.54, 1.807) is 12.1 Å². The van der Waals surface area contributed by atoms with Gasteiger partial charge >= 0.3 is 0 Å². The van der Waals surface area contributed by atoms with Crippen LogP contribution < -0.4 is 9.47 Å². The van der Waals surface area contributed by atoms with Gasteiger partial charge in [0.1, 0.15) is 11.6 Å². The fraction of sp³-hybridized carbons (Fsp3) is 0.667. The van der Waals surface area contributed by atoms with Crippen LogP contribution in [0.3, 0.4) is 0 Å². The molecule has 0 amide bonds. The van der Waals surface area contributed by atoms with Crippen LogP contribution in [0.1, 0.15) is 114 Å². The van der Waals surface area contributed by atoms with E-state index in [1.807, 2.05) is 0 Å². The van der Waals surface area contributed by atoms with Gasteiger partial charge in [0, 0.05) is 12.5 Å². The van der Waals surface area contributed by atoms with E-state index in [0.717, 1.165) is 76.9 Å². The van der Waals surface area contributed by atoms with Crippen molar-refractivity contribution in [3.8, 4) is 11.5 Å². The molecule has 0 spiro atoms. The van der Waals surface area contributed by atoms with E-state index in [1.165, 1.54) is 37.5 Å². The van der Waals surface area contributed by atoms with Crippen molar-refractivity contribution in [2.45, 2.75) is 122 Å². The molecule has 0 N–H and O–H groups in total. The first-order valence-corrected chi connectivity index (χ1v) is 16.6. The molecular formula is C36H50F4O3. The Hall–Kier alpha value is -2.28. The summed E-state index contributed by atoms with van der Waals surface area (Å²) < 4.78 is 75.9. The van der Waals surface area contributed by atoms with Crippen LogP contribution in [0.2, 0.25) is 0 Å². The molecule has 2 aliphatic rings. The molecule has 1 saturated heterocycles. The molecule has 240 valence electrons. The third-order valence-electron chi connectivity index (χ3n) is 9.30. The molecule has 2 unspecified atom stereocenters. The van der Waals surface area contributed by atoms with Crippen LogP contribution in [0.5, 0.6) is 11.5 Å². The van der Waals surface area contributed by atoms with Gasteiger partial charge in [0.2, 0.25) is 0 Å². The number of halogens is 4. The van der Waals surface area contributed by atoms with Gasteiger partial charge in [-0.3, -0.25) is 0 Å². The van der Waals surface area contributed by atoms with E-state index in [0.29, 0.717) is 35.9 Å². The smallest absolute Gasteiger partial charge is 0.285 e. The topological polar surface area (TPSA) is 27.7 Å². The fourth-order valence-corrected chi connectivity index (χ4v) is 6.71. The lowest BCUT2D eigenvalue weighted by Crippen LogP contribution is -2.32. The van der Waals surface area contributed by atoms with E-state index in [9.17, 15) is 13.2 Å². The van der Waals surface area contributed by atoms with Crippen molar-refractivity contribution in [2.24, 2.45) is 11.8 Å². The summed E-state index contributed by atoms with van der Waals surface area (Å²) in [6, 6.07) is 8.48. The zero-order valence-corrected chi connectivity index (χ0v) is 26.0. The second-order valence-electron chi connectivity index (χ2n) is 12.7. The molecule has 0 bridgehead atoms. The molecule has 1 saturated carbocycles. The molecule has 2 aromatic rings. The van der Waals surface area contributed by atoms with Crippen molar-refractivity contribution in [1.29, 1.82) is 0 Å². The number of hydrogen-bond acceptors (Lipinski definition) is 3. The first-order chi connectivity index (χ1) is 20.8. The number of rotatable bonds is 16. The fourth-order valence-electron chi connectivity index (χ4n) is 6.71.